The second kappa shape index (κ2) is 6.59. The highest BCUT2D eigenvalue weighted by Crippen LogP contribution is 2.31. The van der Waals surface area contributed by atoms with Crippen LogP contribution in [-0.4, -0.2) is 36.7 Å². The Kier molecular flexibility index (Phi) is 4.26. The molecule has 1 aliphatic rings. The molecule has 4 rings (SSSR count). The second-order valence-corrected chi connectivity index (χ2v) is 7.21. The quantitative estimate of drug-likeness (QED) is 0.711. The number of amides is 1. The van der Waals surface area contributed by atoms with E-state index in [1.54, 1.807) is 10.9 Å². The van der Waals surface area contributed by atoms with Gasteiger partial charge in [-0.05, 0) is 38.0 Å². The van der Waals surface area contributed by atoms with Crippen LogP contribution in [0.25, 0.3) is 11.0 Å². The number of carbonyl (C=O) groups excluding carboxylic acids is 1. The first-order valence-corrected chi connectivity index (χ1v) is 9.28. The number of aromatic nitrogens is 4. The minimum absolute atomic E-state index is 0.0655. The van der Waals surface area contributed by atoms with Crippen LogP contribution in [0.5, 0.6) is 0 Å². The zero-order valence-electron chi connectivity index (χ0n) is 15.6. The third kappa shape index (κ3) is 2.79. The zero-order chi connectivity index (χ0) is 18.3. The van der Waals surface area contributed by atoms with Gasteiger partial charge in [-0.25, -0.2) is 4.98 Å². The molecule has 0 aromatic carbocycles. The van der Waals surface area contributed by atoms with Crippen LogP contribution < -0.4 is 0 Å². The van der Waals surface area contributed by atoms with Crippen LogP contribution in [0, 0.1) is 6.92 Å². The summed E-state index contributed by atoms with van der Waals surface area (Å²) in [4.78, 5) is 19.9. The van der Waals surface area contributed by atoms with E-state index >= 15 is 0 Å². The van der Waals surface area contributed by atoms with Gasteiger partial charge in [0.05, 0.1) is 17.3 Å². The topological polar surface area (TPSA) is 56.0 Å². The van der Waals surface area contributed by atoms with E-state index in [-0.39, 0.29) is 11.9 Å². The zero-order valence-corrected chi connectivity index (χ0v) is 15.6. The largest absolute Gasteiger partial charge is 0.353 e. The molecule has 1 saturated heterocycles. The molecule has 0 spiro atoms. The number of fused-ring (bicyclic) bond motifs is 1. The van der Waals surface area contributed by atoms with Crippen LogP contribution in [0.2, 0.25) is 0 Å². The average Bonchev–Trinajstić information content (AvgIpc) is 3.07. The van der Waals surface area contributed by atoms with E-state index in [0.29, 0.717) is 5.56 Å². The summed E-state index contributed by atoms with van der Waals surface area (Å²) in [5, 5.41) is 5.36. The van der Waals surface area contributed by atoms with Crippen LogP contribution in [0.15, 0.2) is 30.6 Å². The van der Waals surface area contributed by atoms with Gasteiger partial charge < -0.3 is 9.47 Å². The lowest BCUT2D eigenvalue weighted by Crippen LogP contribution is -2.35. The van der Waals surface area contributed by atoms with Crippen molar-refractivity contribution in [2.75, 3.05) is 6.54 Å². The molecular weight excluding hydrogens is 326 g/mol. The van der Waals surface area contributed by atoms with E-state index in [4.69, 9.17) is 0 Å². The number of pyridine rings is 1. The number of hydrogen-bond donors (Lipinski definition) is 0. The Bertz CT molecular complexity index is 954. The van der Waals surface area contributed by atoms with Crippen LogP contribution in [0.1, 0.15) is 53.5 Å². The smallest absolute Gasteiger partial charge is 0.256 e. The lowest BCUT2D eigenvalue weighted by molar-refractivity contribution is 0.0674. The molecule has 0 radical (unpaired) electrons. The third-order valence-electron chi connectivity index (χ3n) is 5.45. The fraction of sp³-hybridized carbons (Fsp3) is 0.450. The van der Waals surface area contributed by atoms with E-state index in [2.05, 4.69) is 40.0 Å². The fourth-order valence-electron chi connectivity index (χ4n) is 4.07. The van der Waals surface area contributed by atoms with E-state index in [1.165, 1.54) is 12.1 Å². The molecular formula is C20H25N5O. The molecule has 0 N–H and O–H groups in total. The van der Waals surface area contributed by atoms with E-state index < -0.39 is 0 Å². The summed E-state index contributed by atoms with van der Waals surface area (Å²) < 4.78 is 3.89. The monoisotopic (exact) mass is 351 g/mol. The van der Waals surface area contributed by atoms with Gasteiger partial charge in [-0.3, -0.25) is 9.48 Å². The van der Waals surface area contributed by atoms with Gasteiger partial charge in [0.1, 0.15) is 0 Å². The van der Waals surface area contributed by atoms with Gasteiger partial charge in [-0.1, -0.05) is 12.8 Å². The van der Waals surface area contributed by atoms with Crippen LogP contribution in [0.3, 0.4) is 0 Å². The lowest BCUT2D eigenvalue weighted by atomic mass is 10.1. The highest BCUT2D eigenvalue weighted by atomic mass is 16.2. The third-order valence-corrected chi connectivity index (χ3v) is 5.45. The highest BCUT2D eigenvalue weighted by molar-refractivity contribution is 5.97. The van der Waals surface area contributed by atoms with Gasteiger partial charge in [0, 0.05) is 44.1 Å². The van der Waals surface area contributed by atoms with Gasteiger partial charge in [0.15, 0.2) is 5.65 Å². The first kappa shape index (κ1) is 16.8. The Labute approximate surface area is 153 Å². The van der Waals surface area contributed by atoms with E-state index in [9.17, 15) is 4.79 Å². The number of likely N-dealkylation sites (tertiary alicyclic amines) is 1. The number of hydrogen-bond acceptors (Lipinski definition) is 3. The molecule has 6 heteroatoms. The number of nitrogens with zero attached hydrogens (tertiary/aromatic N) is 5. The molecule has 136 valence electrons. The first-order chi connectivity index (χ1) is 12.6. The maximum atomic E-state index is 13.4. The predicted octanol–water partition coefficient (Wildman–Crippen LogP) is 3.37. The van der Waals surface area contributed by atoms with Crippen molar-refractivity contribution in [3.63, 3.8) is 0 Å². The summed E-state index contributed by atoms with van der Waals surface area (Å²) in [7, 11) is 3.93. The predicted molar refractivity (Wildman–Crippen MR) is 101 cm³/mol. The second-order valence-electron chi connectivity index (χ2n) is 7.21. The standard InChI is InChI=1S/C20H25N5O/c1-14-16-12-15(13-21-19(16)24(3)22-14)20(26)25-11-6-4-5-8-18(25)17-9-7-10-23(17)2/h7,9-10,12-13,18H,4-6,8,11H2,1-3H3/t18-/m0/s1. The van der Waals surface area contributed by atoms with Gasteiger partial charge >= 0.3 is 0 Å². The summed E-state index contributed by atoms with van der Waals surface area (Å²) in [5.41, 5.74) is 3.56. The number of aryl methyl sites for hydroxylation is 3. The van der Waals surface area contributed by atoms with Crippen LogP contribution in [0.4, 0.5) is 0 Å². The van der Waals surface area contributed by atoms with E-state index in [1.807, 2.05) is 24.9 Å². The molecule has 1 atom stereocenters. The molecule has 0 saturated carbocycles. The molecule has 0 bridgehead atoms. The Morgan fingerprint density at radius 1 is 1.23 bits per heavy atom. The molecule has 3 aromatic rings. The summed E-state index contributed by atoms with van der Waals surface area (Å²) >= 11 is 0. The molecule has 1 amide bonds. The molecule has 4 heterocycles. The van der Waals surface area contributed by atoms with Crippen molar-refractivity contribution in [2.24, 2.45) is 14.1 Å². The minimum Gasteiger partial charge on any atom is -0.353 e. The molecule has 1 fully saturated rings. The molecule has 0 unspecified atom stereocenters. The van der Waals surface area contributed by atoms with Crippen LogP contribution in [-0.2, 0) is 14.1 Å². The minimum atomic E-state index is 0.0655. The molecule has 0 aliphatic carbocycles. The first-order valence-electron chi connectivity index (χ1n) is 9.28. The van der Waals surface area contributed by atoms with Crippen molar-refractivity contribution in [1.82, 2.24) is 24.2 Å². The Hall–Kier alpha value is -2.63. The Balaban J connectivity index is 1.72. The van der Waals surface area contributed by atoms with E-state index in [0.717, 1.165) is 42.5 Å². The van der Waals surface area contributed by atoms with Crippen molar-refractivity contribution in [2.45, 2.75) is 38.6 Å². The highest BCUT2D eigenvalue weighted by Gasteiger charge is 2.29. The number of carbonyl (C=O) groups is 1. The maximum absolute atomic E-state index is 13.4. The average molecular weight is 351 g/mol. The normalized spacial score (nSPS) is 18.3. The van der Waals surface area contributed by atoms with Crippen molar-refractivity contribution in [3.05, 3.63) is 47.5 Å². The van der Waals surface area contributed by atoms with Gasteiger partial charge in [-0.15, -0.1) is 0 Å². The summed E-state index contributed by atoms with van der Waals surface area (Å²) in [6, 6.07) is 6.24. The SMILES string of the molecule is Cc1nn(C)c2ncc(C(=O)N3CCCCC[C@H]3c3cccn3C)cc12. The summed E-state index contributed by atoms with van der Waals surface area (Å²) in [5.74, 6) is 0.0655. The van der Waals surface area contributed by atoms with Crippen molar-refractivity contribution in [1.29, 1.82) is 0 Å². The van der Waals surface area contributed by atoms with Crippen molar-refractivity contribution >= 4 is 16.9 Å². The number of rotatable bonds is 2. The summed E-state index contributed by atoms with van der Waals surface area (Å²) in [6.45, 7) is 2.75. The Morgan fingerprint density at radius 2 is 2.08 bits per heavy atom. The lowest BCUT2D eigenvalue weighted by Gasteiger charge is -2.30. The van der Waals surface area contributed by atoms with Gasteiger partial charge in [0.2, 0.25) is 0 Å². The Morgan fingerprint density at radius 3 is 2.85 bits per heavy atom. The fourth-order valence-corrected chi connectivity index (χ4v) is 4.07. The van der Waals surface area contributed by atoms with Crippen molar-refractivity contribution < 1.29 is 4.79 Å². The van der Waals surface area contributed by atoms with Crippen LogP contribution >= 0.6 is 0 Å². The maximum Gasteiger partial charge on any atom is 0.256 e. The van der Waals surface area contributed by atoms with Crippen molar-refractivity contribution in [3.8, 4) is 0 Å². The summed E-state index contributed by atoms with van der Waals surface area (Å²) in [6.07, 6.45) is 8.12. The van der Waals surface area contributed by atoms with Gasteiger partial charge in [-0.2, -0.15) is 5.10 Å². The van der Waals surface area contributed by atoms with Gasteiger partial charge in [0.25, 0.3) is 5.91 Å². The molecule has 1 aliphatic heterocycles. The molecule has 6 nitrogen and oxygen atoms in total. The molecule has 26 heavy (non-hydrogen) atoms. The molecule has 3 aromatic heterocycles.